The molecular weight excluding hydrogens is 609 g/mol. The topological polar surface area (TPSA) is 97.8 Å². The summed E-state index contributed by atoms with van der Waals surface area (Å²) in [6.45, 7) is 7.53. The van der Waals surface area contributed by atoms with Gasteiger partial charge in [-0.25, -0.2) is 9.37 Å². The maximum absolute atomic E-state index is 15.0. The summed E-state index contributed by atoms with van der Waals surface area (Å²) in [5.74, 6) is 0.468. The van der Waals surface area contributed by atoms with Gasteiger partial charge in [-0.05, 0) is 107 Å². The fraction of sp³-hybridized carbons (Fsp3) is 0.395. The molecule has 1 amide bonds. The van der Waals surface area contributed by atoms with Gasteiger partial charge in [0.05, 0.1) is 12.7 Å². The molecule has 1 aliphatic carbocycles. The summed E-state index contributed by atoms with van der Waals surface area (Å²) in [7, 11) is 0. The maximum atomic E-state index is 15.0. The molecule has 6 rings (SSSR count). The zero-order chi connectivity index (χ0) is 33.3. The number of nitrogens with zero attached hydrogens (tertiary/aromatic N) is 3. The van der Waals surface area contributed by atoms with Crippen LogP contribution in [0.2, 0.25) is 0 Å². The summed E-state index contributed by atoms with van der Waals surface area (Å²) in [6, 6.07) is 17.8. The molecule has 1 saturated carbocycles. The Morgan fingerprint density at radius 3 is 2.42 bits per heavy atom. The largest absolute Gasteiger partial charge is 0.490 e. The Balaban J connectivity index is 1.20. The number of aromatic nitrogens is 2. The molecule has 2 N–H and O–H groups in total. The van der Waals surface area contributed by atoms with E-state index in [-0.39, 0.29) is 29.2 Å². The monoisotopic (exact) mass is 653 g/mol. The average Bonchev–Trinajstić information content (AvgIpc) is 3.60. The van der Waals surface area contributed by atoms with E-state index in [9.17, 15) is 4.79 Å². The number of benzene rings is 3. The summed E-state index contributed by atoms with van der Waals surface area (Å²) in [5.41, 5.74) is 3.13. The lowest BCUT2D eigenvalue weighted by Gasteiger charge is -2.26. The molecule has 0 unspecified atom stereocenters. The minimum absolute atomic E-state index is 0.0350. The van der Waals surface area contributed by atoms with Crippen molar-refractivity contribution in [2.45, 2.75) is 71.3 Å². The number of carbonyl (C=O) groups excluding carboxylic acids is 1. The quantitative estimate of drug-likeness (QED) is 0.139. The second-order valence-corrected chi connectivity index (χ2v) is 12.6. The van der Waals surface area contributed by atoms with Gasteiger partial charge in [0.2, 0.25) is 11.8 Å². The Bertz CT molecular complexity index is 1680. The van der Waals surface area contributed by atoms with E-state index >= 15 is 4.39 Å². The number of anilines is 3. The van der Waals surface area contributed by atoms with Crippen LogP contribution in [-0.4, -0.2) is 53.1 Å². The first-order valence-electron chi connectivity index (χ1n) is 17.0. The number of halogens is 1. The van der Waals surface area contributed by atoms with Crippen LogP contribution in [0.25, 0.3) is 0 Å². The molecule has 4 aromatic rings. The van der Waals surface area contributed by atoms with Gasteiger partial charge in [0, 0.05) is 30.2 Å². The van der Waals surface area contributed by atoms with Crippen molar-refractivity contribution in [1.29, 1.82) is 0 Å². The Morgan fingerprint density at radius 1 is 0.917 bits per heavy atom. The zero-order valence-corrected chi connectivity index (χ0v) is 27.8. The van der Waals surface area contributed by atoms with Crippen molar-refractivity contribution in [2.75, 3.05) is 36.9 Å². The molecule has 48 heavy (non-hydrogen) atoms. The van der Waals surface area contributed by atoms with E-state index < -0.39 is 11.7 Å². The highest BCUT2D eigenvalue weighted by Crippen LogP contribution is 2.36. The third-order valence-corrected chi connectivity index (χ3v) is 8.88. The standard InChI is InChI=1S/C38H44FN5O4/c1-26-12-10-13-27(2)35(26)42-36(45)30-25-40-38(43-37(30)48-34-17-7-6-16-33(34)47-29-14-4-5-15-29)41-28-18-19-32(31(39)24-28)46-23-11-22-44-20-8-3-9-21-44/h6-7,10,12-13,16-19,24-25,29H,3-5,8-9,11,14-15,20-23H2,1-2H3,(H,42,45)(H,40,41,43). The summed E-state index contributed by atoms with van der Waals surface area (Å²) < 4.78 is 33.4. The van der Waals surface area contributed by atoms with Crippen molar-refractivity contribution in [1.82, 2.24) is 14.9 Å². The number of hydrogen-bond acceptors (Lipinski definition) is 8. The molecule has 0 atom stereocenters. The van der Waals surface area contributed by atoms with Crippen LogP contribution in [0.1, 0.15) is 72.9 Å². The minimum atomic E-state index is -0.489. The van der Waals surface area contributed by atoms with Crippen molar-refractivity contribution < 1.29 is 23.4 Å². The van der Waals surface area contributed by atoms with Gasteiger partial charge in [0.1, 0.15) is 5.56 Å². The van der Waals surface area contributed by atoms with E-state index in [1.54, 1.807) is 18.2 Å². The third kappa shape index (κ3) is 8.60. The number of amides is 1. The molecule has 3 aromatic carbocycles. The number of carbonyl (C=O) groups is 1. The fourth-order valence-corrected chi connectivity index (χ4v) is 6.25. The van der Waals surface area contributed by atoms with Gasteiger partial charge in [-0.2, -0.15) is 4.98 Å². The molecule has 2 aliphatic rings. The van der Waals surface area contributed by atoms with Crippen molar-refractivity contribution in [3.8, 4) is 23.1 Å². The number of para-hydroxylation sites is 3. The second-order valence-electron chi connectivity index (χ2n) is 12.6. The van der Waals surface area contributed by atoms with Gasteiger partial charge in [0.25, 0.3) is 5.91 Å². The van der Waals surface area contributed by atoms with E-state index in [4.69, 9.17) is 14.2 Å². The number of rotatable bonds is 13. The van der Waals surface area contributed by atoms with E-state index in [2.05, 4.69) is 25.5 Å². The number of hydrogen-bond donors (Lipinski definition) is 2. The van der Waals surface area contributed by atoms with Gasteiger partial charge < -0.3 is 29.7 Å². The molecule has 0 radical (unpaired) electrons. The van der Waals surface area contributed by atoms with Crippen molar-refractivity contribution >= 4 is 23.2 Å². The molecule has 1 aromatic heterocycles. The van der Waals surface area contributed by atoms with Crippen LogP contribution in [0.15, 0.2) is 66.9 Å². The van der Waals surface area contributed by atoms with Gasteiger partial charge in [-0.1, -0.05) is 36.8 Å². The minimum Gasteiger partial charge on any atom is -0.490 e. The van der Waals surface area contributed by atoms with Gasteiger partial charge in [-0.3, -0.25) is 4.79 Å². The average molecular weight is 654 g/mol. The first-order valence-corrected chi connectivity index (χ1v) is 17.0. The third-order valence-electron chi connectivity index (χ3n) is 8.88. The Morgan fingerprint density at radius 2 is 1.67 bits per heavy atom. The maximum Gasteiger partial charge on any atom is 0.262 e. The summed E-state index contributed by atoms with van der Waals surface area (Å²) in [5, 5.41) is 6.05. The van der Waals surface area contributed by atoms with Gasteiger partial charge >= 0.3 is 0 Å². The molecule has 1 saturated heterocycles. The van der Waals surface area contributed by atoms with Crippen LogP contribution in [0.3, 0.4) is 0 Å². The van der Waals surface area contributed by atoms with Gasteiger partial charge in [-0.15, -0.1) is 0 Å². The van der Waals surface area contributed by atoms with Crippen LogP contribution >= 0.6 is 0 Å². The van der Waals surface area contributed by atoms with E-state index in [0.29, 0.717) is 29.5 Å². The first-order chi connectivity index (χ1) is 23.4. The first kappa shape index (κ1) is 33.2. The predicted molar refractivity (Wildman–Crippen MR) is 185 cm³/mol. The van der Waals surface area contributed by atoms with Gasteiger partial charge in [0.15, 0.2) is 23.1 Å². The highest BCUT2D eigenvalue weighted by Gasteiger charge is 2.22. The van der Waals surface area contributed by atoms with Crippen LogP contribution in [-0.2, 0) is 0 Å². The van der Waals surface area contributed by atoms with Crippen molar-refractivity contribution in [2.24, 2.45) is 0 Å². The fourth-order valence-electron chi connectivity index (χ4n) is 6.25. The Labute approximate surface area is 281 Å². The van der Waals surface area contributed by atoms with E-state index in [1.165, 1.54) is 31.5 Å². The second kappa shape index (κ2) is 15.9. The molecule has 1 aliphatic heterocycles. The molecule has 2 fully saturated rings. The zero-order valence-electron chi connectivity index (χ0n) is 27.8. The molecule has 2 heterocycles. The number of piperidine rings is 1. The SMILES string of the molecule is Cc1cccc(C)c1NC(=O)c1cnc(Nc2ccc(OCCCN3CCCCC3)c(F)c2)nc1Oc1ccccc1OC1CCCC1. The van der Waals surface area contributed by atoms with E-state index in [0.717, 1.165) is 62.9 Å². The Hall–Kier alpha value is -4.70. The van der Waals surface area contributed by atoms with Crippen molar-refractivity contribution in [3.63, 3.8) is 0 Å². The number of likely N-dealkylation sites (tertiary alicyclic amines) is 1. The number of ether oxygens (including phenoxy) is 3. The number of aryl methyl sites for hydroxylation is 2. The highest BCUT2D eigenvalue weighted by atomic mass is 19.1. The lowest BCUT2D eigenvalue weighted by atomic mass is 10.1. The Kier molecular flexibility index (Phi) is 11.0. The van der Waals surface area contributed by atoms with Crippen molar-refractivity contribution in [3.05, 3.63) is 89.4 Å². The van der Waals surface area contributed by atoms with Crippen LogP contribution in [0, 0.1) is 19.7 Å². The summed E-state index contributed by atoms with van der Waals surface area (Å²) in [6.07, 6.45) is 10.4. The number of nitrogens with one attached hydrogen (secondary N) is 2. The summed E-state index contributed by atoms with van der Waals surface area (Å²) >= 11 is 0. The lowest BCUT2D eigenvalue weighted by molar-refractivity contribution is 0.102. The smallest absolute Gasteiger partial charge is 0.262 e. The molecule has 0 spiro atoms. The molecule has 252 valence electrons. The predicted octanol–water partition coefficient (Wildman–Crippen LogP) is 8.60. The normalized spacial score (nSPS) is 15.2. The van der Waals surface area contributed by atoms with E-state index in [1.807, 2.05) is 50.2 Å². The lowest BCUT2D eigenvalue weighted by Crippen LogP contribution is -2.31. The van der Waals surface area contributed by atoms with Crippen LogP contribution in [0.4, 0.5) is 21.7 Å². The molecule has 10 heteroatoms. The molecular formula is C38H44FN5O4. The summed E-state index contributed by atoms with van der Waals surface area (Å²) in [4.78, 5) is 25.1. The highest BCUT2D eigenvalue weighted by molar-refractivity contribution is 6.06. The molecule has 9 nitrogen and oxygen atoms in total. The molecule has 0 bridgehead atoms. The van der Waals surface area contributed by atoms with Crippen LogP contribution in [0.5, 0.6) is 23.1 Å². The van der Waals surface area contributed by atoms with Crippen LogP contribution < -0.4 is 24.8 Å².